The first-order valence-electron chi connectivity index (χ1n) is 11.4. The maximum Gasteiger partial charge on any atom is 0.411 e. The van der Waals surface area contributed by atoms with Crippen LogP contribution in [0.25, 0.3) is 11.1 Å². The third kappa shape index (κ3) is 9.83. The molecule has 180 valence electrons. The molecule has 33 heavy (non-hydrogen) atoms. The fraction of sp³-hybridized carbons (Fsp3) is 0.440. The number of benzene rings is 2. The van der Waals surface area contributed by atoms with E-state index < -0.39 is 28.3 Å². The maximum atomic E-state index is 12.5. The SMILES string of the molecule is Cc1cc(NC(=O)OCC[Si](C)(C)C)cc(NC(=O)OCC[Si](C)(C)C)c1-c1ccccc1. The van der Waals surface area contributed by atoms with E-state index in [0.717, 1.165) is 28.8 Å². The van der Waals surface area contributed by atoms with Crippen LogP contribution in [0.5, 0.6) is 0 Å². The lowest BCUT2D eigenvalue weighted by Gasteiger charge is -2.19. The van der Waals surface area contributed by atoms with Gasteiger partial charge < -0.3 is 9.47 Å². The number of aryl methyl sites for hydroxylation is 1. The van der Waals surface area contributed by atoms with Crippen molar-refractivity contribution in [1.29, 1.82) is 0 Å². The lowest BCUT2D eigenvalue weighted by Crippen LogP contribution is -2.24. The summed E-state index contributed by atoms with van der Waals surface area (Å²) in [6.45, 7) is 16.2. The summed E-state index contributed by atoms with van der Waals surface area (Å²) >= 11 is 0. The Kier molecular flexibility index (Phi) is 9.30. The van der Waals surface area contributed by atoms with Crippen LogP contribution in [0.4, 0.5) is 21.0 Å². The van der Waals surface area contributed by atoms with Gasteiger partial charge in [0.1, 0.15) is 0 Å². The van der Waals surface area contributed by atoms with Gasteiger partial charge in [0, 0.05) is 27.4 Å². The molecule has 0 aromatic heterocycles. The normalized spacial score (nSPS) is 11.6. The van der Waals surface area contributed by atoms with Gasteiger partial charge in [-0.15, -0.1) is 0 Å². The number of ether oxygens (including phenoxy) is 2. The van der Waals surface area contributed by atoms with Crippen LogP contribution in [0.3, 0.4) is 0 Å². The number of rotatable bonds is 9. The summed E-state index contributed by atoms with van der Waals surface area (Å²) in [5.74, 6) is 0. The van der Waals surface area contributed by atoms with E-state index in [0.29, 0.717) is 24.6 Å². The number of hydrogen-bond donors (Lipinski definition) is 2. The zero-order chi connectivity index (χ0) is 24.6. The van der Waals surface area contributed by atoms with Crippen molar-refractivity contribution < 1.29 is 19.1 Å². The van der Waals surface area contributed by atoms with Gasteiger partial charge in [-0.05, 0) is 42.3 Å². The molecule has 0 radical (unpaired) electrons. The average molecular weight is 487 g/mol. The molecule has 0 saturated carbocycles. The van der Waals surface area contributed by atoms with Gasteiger partial charge in [-0.1, -0.05) is 69.6 Å². The molecule has 0 bridgehead atoms. The third-order valence-corrected chi connectivity index (χ3v) is 8.46. The molecule has 0 aliphatic carbocycles. The fourth-order valence-electron chi connectivity index (χ4n) is 3.15. The number of hydrogen-bond acceptors (Lipinski definition) is 4. The molecule has 2 N–H and O–H groups in total. The largest absolute Gasteiger partial charge is 0.450 e. The summed E-state index contributed by atoms with van der Waals surface area (Å²) in [5.41, 5.74) is 3.91. The predicted octanol–water partition coefficient (Wildman–Crippen LogP) is 7.44. The molecule has 0 spiro atoms. The maximum absolute atomic E-state index is 12.5. The standard InChI is InChI=1S/C25H38N2O4Si2/c1-19-17-21(26-24(28)30-13-15-32(2,3)4)18-22(23(19)20-11-9-8-10-12-20)27-25(29)31-14-16-33(5,6)7/h8-12,17-18H,13-16H2,1-7H3,(H,26,28)(H,27,29). The van der Waals surface area contributed by atoms with Gasteiger partial charge in [0.25, 0.3) is 0 Å². The Bertz CT molecular complexity index is 951. The summed E-state index contributed by atoms with van der Waals surface area (Å²) in [4.78, 5) is 24.8. The van der Waals surface area contributed by atoms with E-state index in [1.807, 2.05) is 43.3 Å². The Morgan fingerprint density at radius 2 is 1.30 bits per heavy atom. The average Bonchev–Trinajstić information content (AvgIpc) is 2.66. The van der Waals surface area contributed by atoms with Gasteiger partial charge >= 0.3 is 12.2 Å². The lowest BCUT2D eigenvalue weighted by atomic mass is 9.97. The van der Waals surface area contributed by atoms with Gasteiger partial charge in [0.2, 0.25) is 0 Å². The zero-order valence-electron chi connectivity index (χ0n) is 21.0. The molecule has 0 aliphatic heterocycles. The quantitative estimate of drug-likeness (QED) is 0.361. The van der Waals surface area contributed by atoms with Crippen LogP contribution in [0, 0.1) is 6.92 Å². The molecule has 2 rings (SSSR count). The van der Waals surface area contributed by atoms with Gasteiger partial charge in [0.15, 0.2) is 0 Å². The van der Waals surface area contributed by atoms with Crippen molar-refractivity contribution in [2.75, 3.05) is 23.8 Å². The van der Waals surface area contributed by atoms with E-state index in [1.165, 1.54) is 0 Å². The lowest BCUT2D eigenvalue weighted by molar-refractivity contribution is 0.166. The van der Waals surface area contributed by atoms with Crippen LogP contribution in [0.2, 0.25) is 51.4 Å². The van der Waals surface area contributed by atoms with Crippen LogP contribution < -0.4 is 10.6 Å². The fourth-order valence-corrected chi connectivity index (χ4v) is 4.57. The number of anilines is 2. The summed E-state index contributed by atoms with van der Waals surface area (Å²) in [6.07, 6.45) is -0.997. The van der Waals surface area contributed by atoms with Crippen LogP contribution in [0.15, 0.2) is 42.5 Å². The van der Waals surface area contributed by atoms with E-state index in [2.05, 4.69) is 49.9 Å². The molecule has 0 heterocycles. The van der Waals surface area contributed by atoms with Crippen molar-refractivity contribution in [2.24, 2.45) is 0 Å². The van der Waals surface area contributed by atoms with Gasteiger partial charge in [-0.25, -0.2) is 9.59 Å². The van der Waals surface area contributed by atoms with E-state index in [4.69, 9.17) is 9.47 Å². The molecular formula is C25H38N2O4Si2. The minimum Gasteiger partial charge on any atom is -0.450 e. The topological polar surface area (TPSA) is 76.7 Å². The molecule has 0 saturated heterocycles. The second kappa shape index (κ2) is 11.5. The highest BCUT2D eigenvalue weighted by molar-refractivity contribution is 6.76. The van der Waals surface area contributed by atoms with Crippen LogP contribution in [-0.2, 0) is 9.47 Å². The van der Waals surface area contributed by atoms with Crippen LogP contribution in [-0.4, -0.2) is 41.5 Å². The Morgan fingerprint density at radius 3 is 1.82 bits per heavy atom. The van der Waals surface area contributed by atoms with E-state index in [-0.39, 0.29) is 0 Å². The molecule has 0 atom stereocenters. The highest BCUT2D eigenvalue weighted by atomic mass is 28.3. The van der Waals surface area contributed by atoms with Crippen LogP contribution in [0.1, 0.15) is 5.56 Å². The molecule has 8 heteroatoms. The van der Waals surface area contributed by atoms with E-state index in [9.17, 15) is 9.59 Å². The first-order valence-corrected chi connectivity index (χ1v) is 18.8. The smallest absolute Gasteiger partial charge is 0.411 e. The summed E-state index contributed by atoms with van der Waals surface area (Å²) in [5, 5.41) is 5.67. The molecular weight excluding hydrogens is 448 g/mol. The van der Waals surface area contributed by atoms with Gasteiger partial charge in [0.05, 0.1) is 18.9 Å². The number of carbonyl (C=O) groups excluding carboxylic acids is 2. The molecule has 6 nitrogen and oxygen atoms in total. The van der Waals surface area contributed by atoms with E-state index in [1.54, 1.807) is 6.07 Å². The van der Waals surface area contributed by atoms with Crippen molar-refractivity contribution in [2.45, 2.75) is 58.3 Å². The molecule has 0 fully saturated rings. The van der Waals surface area contributed by atoms with Crippen molar-refractivity contribution in [3.63, 3.8) is 0 Å². The Labute approximate surface area is 200 Å². The first-order chi connectivity index (χ1) is 15.3. The predicted molar refractivity (Wildman–Crippen MR) is 143 cm³/mol. The Balaban J connectivity index is 2.20. The number of carbonyl (C=O) groups is 2. The van der Waals surface area contributed by atoms with Gasteiger partial charge in [-0.3, -0.25) is 10.6 Å². The molecule has 0 aliphatic rings. The minimum absolute atomic E-state index is 0.391. The van der Waals surface area contributed by atoms with Gasteiger partial charge in [-0.2, -0.15) is 0 Å². The van der Waals surface area contributed by atoms with Crippen molar-refractivity contribution in [1.82, 2.24) is 0 Å². The Morgan fingerprint density at radius 1 is 0.788 bits per heavy atom. The van der Waals surface area contributed by atoms with Crippen LogP contribution >= 0.6 is 0 Å². The molecule has 2 aromatic rings. The van der Waals surface area contributed by atoms with Crippen molar-refractivity contribution in [3.05, 3.63) is 48.0 Å². The highest BCUT2D eigenvalue weighted by Crippen LogP contribution is 2.34. The summed E-state index contributed by atoms with van der Waals surface area (Å²) in [6, 6.07) is 15.3. The Hall–Kier alpha value is -2.59. The van der Waals surface area contributed by atoms with E-state index >= 15 is 0 Å². The highest BCUT2D eigenvalue weighted by Gasteiger charge is 2.18. The number of amides is 2. The zero-order valence-corrected chi connectivity index (χ0v) is 23.0. The summed E-state index contributed by atoms with van der Waals surface area (Å²) < 4.78 is 10.8. The van der Waals surface area contributed by atoms with Crippen molar-refractivity contribution in [3.8, 4) is 11.1 Å². The molecule has 2 aromatic carbocycles. The first kappa shape index (κ1) is 26.7. The van der Waals surface area contributed by atoms with Crippen molar-refractivity contribution >= 4 is 39.7 Å². The monoisotopic (exact) mass is 486 g/mol. The third-order valence-electron chi connectivity index (χ3n) is 5.05. The minimum atomic E-state index is -1.30. The second-order valence-electron chi connectivity index (χ2n) is 10.7. The summed E-state index contributed by atoms with van der Waals surface area (Å²) in [7, 11) is -2.59. The molecule has 0 unspecified atom stereocenters. The number of nitrogens with one attached hydrogen (secondary N) is 2. The second-order valence-corrected chi connectivity index (χ2v) is 22.0. The molecule has 2 amide bonds.